The largest absolute Gasteiger partial charge is 0.317 e. The van der Waals surface area contributed by atoms with Crippen molar-refractivity contribution in [2.45, 2.75) is 32.6 Å². The minimum atomic E-state index is -0.140. The van der Waals surface area contributed by atoms with Crippen LogP contribution in [-0.4, -0.2) is 33.8 Å². The Hall–Kier alpha value is -1.92. The topological polar surface area (TPSA) is 71.8 Å². The van der Waals surface area contributed by atoms with Crippen molar-refractivity contribution in [3.63, 3.8) is 0 Å². The molecule has 3 rings (SSSR count). The number of rotatable bonds is 3. The molecule has 0 atom stereocenters. The molecule has 1 fully saturated rings. The van der Waals surface area contributed by atoms with Gasteiger partial charge in [-0.25, -0.2) is 4.68 Å². The van der Waals surface area contributed by atoms with E-state index in [1.807, 2.05) is 39.1 Å². The zero-order valence-electron chi connectivity index (χ0n) is 14.3. The number of amides is 1. The summed E-state index contributed by atoms with van der Waals surface area (Å²) >= 11 is 0. The fraction of sp³-hybridized carbons (Fsp3) is 0.471. The normalized spacial score (nSPS) is 15.0. The van der Waals surface area contributed by atoms with Crippen LogP contribution in [0.2, 0.25) is 0 Å². The molecule has 0 bridgehead atoms. The van der Waals surface area contributed by atoms with E-state index < -0.39 is 0 Å². The lowest BCUT2D eigenvalue weighted by atomic mass is 9.98. The minimum Gasteiger partial charge on any atom is -0.317 e. The van der Waals surface area contributed by atoms with Crippen molar-refractivity contribution < 1.29 is 4.79 Å². The fourth-order valence-electron chi connectivity index (χ4n) is 2.92. The summed E-state index contributed by atoms with van der Waals surface area (Å²) in [5.41, 5.74) is 2.69. The number of nitrogens with one attached hydrogen (secondary N) is 2. The number of carbonyl (C=O) groups excluding carboxylic acids is 1. The van der Waals surface area contributed by atoms with Gasteiger partial charge in [0.2, 0.25) is 5.95 Å². The second-order valence-electron chi connectivity index (χ2n) is 6.21. The number of anilines is 1. The molecule has 0 spiro atoms. The molecule has 1 amide bonds. The van der Waals surface area contributed by atoms with Crippen molar-refractivity contribution >= 4 is 24.3 Å². The molecule has 7 heteroatoms. The van der Waals surface area contributed by atoms with Crippen LogP contribution >= 0.6 is 12.4 Å². The standard InChI is InChI=1S/C17H23N5O.ClH/c1-11-4-5-12(2)14(10-11)16(23)20-17-19-15(21-22(17)3)13-6-8-18-9-7-13;/h4-5,10,13,18H,6-9H2,1-3H3,(H,19,20,21,23);1H. The van der Waals surface area contributed by atoms with Crippen LogP contribution in [0.25, 0.3) is 0 Å². The molecule has 0 aliphatic carbocycles. The Morgan fingerprint density at radius 3 is 2.71 bits per heavy atom. The fourth-order valence-corrected chi connectivity index (χ4v) is 2.92. The van der Waals surface area contributed by atoms with Gasteiger partial charge in [0, 0.05) is 18.5 Å². The number of hydrogen-bond acceptors (Lipinski definition) is 4. The first-order chi connectivity index (χ1) is 11.0. The molecule has 0 saturated carbocycles. The van der Waals surface area contributed by atoms with E-state index in [2.05, 4.69) is 20.7 Å². The van der Waals surface area contributed by atoms with Crippen LogP contribution in [0.15, 0.2) is 18.2 Å². The summed E-state index contributed by atoms with van der Waals surface area (Å²) in [6, 6.07) is 5.86. The van der Waals surface area contributed by atoms with Crippen LogP contribution in [0, 0.1) is 13.8 Å². The summed E-state index contributed by atoms with van der Waals surface area (Å²) in [6.07, 6.45) is 2.07. The number of aromatic nitrogens is 3. The van der Waals surface area contributed by atoms with Crippen LogP contribution in [0.4, 0.5) is 5.95 Å². The Balaban J connectivity index is 0.00000208. The Morgan fingerprint density at radius 2 is 2.00 bits per heavy atom. The Kier molecular flexibility index (Phi) is 5.96. The molecule has 24 heavy (non-hydrogen) atoms. The summed E-state index contributed by atoms with van der Waals surface area (Å²) in [5, 5.41) is 10.7. The van der Waals surface area contributed by atoms with Gasteiger partial charge in [-0.1, -0.05) is 17.7 Å². The lowest BCUT2D eigenvalue weighted by Crippen LogP contribution is -2.27. The van der Waals surface area contributed by atoms with Crippen LogP contribution in [-0.2, 0) is 7.05 Å². The summed E-state index contributed by atoms with van der Waals surface area (Å²) in [4.78, 5) is 17.1. The maximum absolute atomic E-state index is 12.5. The SMILES string of the molecule is Cc1ccc(C)c(C(=O)Nc2nc(C3CCNCC3)nn2C)c1.Cl. The Bertz CT molecular complexity index is 722. The van der Waals surface area contributed by atoms with Gasteiger partial charge in [0.25, 0.3) is 5.91 Å². The molecular formula is C17H24ClN5O. The lowest BCUT2D eigenvalue weighted by molar-refractivity contribution is 0.102. The van der Waals surface area contributed by atoms with Crippen LogP contribution in [0.3, 0.4) is 0 Å². The molecule has 130 valence electrons. The zero-order valence-corrected chi connectivity index (χ0v) is 15.1. The first-order valence-corrected chi connectivity index (χ1v) is 8.05. The van der Waals surface area contributed by atoms with Crippen LogP contribution in [0.5, 0.6) is 0 Å². The average Bonchev–Trinajstić information content (AvgIpc) is 2.91. The third-order valence-corrected chi connectivity index (χ3v) is 4.35. The molecule has 1 aliphatic rings. The van der Waals surface area contributed by atoms with Crippen LogP contribution < -0.4 is 10.6 Å². The average molecular weight is 350 g/mol. The molecule has 1 aromatic carbocycles. The number of aryl methyl sites for hydroxylation is 3. The van der Waals surface area contributed by atoms with Crippen molar-refractivity contribution in [2.75, 3.05) is 18.4 Å². The molecule has 0 radical (unpaired) electrons. The molecular weight excluding hydrogens is 326 g/mol. The number of piperidine rings is 1. The van der Waals surface area contributed by atoms with Crippen LogP contribution in [0.1, 0.15) is 46.1 Å². The monoisotopic (exact) mass is 349 g/mol. The number of nitrogens with zero attached hydrogens (tertiary/aromatic N) is 3. The van der Waals surface area contributed by atoms with Gasteiger partial charge in [0.05, 0.1) is 0 Å². The smallest absolute Gasteiger partial charge is 0.258 e. The predicted molar refractivity (Wildman–Crippen MR) is 97.0 cm³/mol. The van der Waals surface area contributed by atoms with Crippen molar-refractivity contribution in [1.82, 2.24) is 20.1 Å². The van der Waals surface area contributed by atoms with Crippen molar-refractivity contribution in [3.8, 4) is 0 Å². The molecule has 0 unspecified atom stereocenters. The molecule has 1 aliphatic heterocycles. The highest BCUT2D eigenvalue weighted by Crippen LogP contribution is 2.23. The van der Waals surface area contributed by atoms with Crippen molar-refractivity contribution in [1.29, 1.82) is 0 Å². The maximum atomic E-state index is 12.5. The third-order valence-electron chi connectivity index (χ3n) is 4.35. The first kappa shape index (κ1) is 18.4. The second kappa shape index (κ2) is 7.77. The highest BCUT2D eigenvalue weighted by Gasteiger charge is 2.21. The molecule has 1 aromatic heterocycles. The van der Waals surface area contributed by atoms with E-state index in [0.29, 0.717) is 17.4 Å². The van der Waals surface area contributed by atoms with Crippen molar-refractivity contribution in [2.24, 2.45) is 7.05 Å². The van der Waals surface area contributed by atoms with Gasteiger partial charge in [-0.05, 0) is 51.4 Å². The summed E-state index contributed by atoms with van der Waals surface area (Å²) in [7, 11) is 1.82. The van der Waals surface area contributed by atoms with E-state index in [4.69, 9.17) is 0 Å². The molecule has 6 nitrogen and oxygen atoms in total. The quantitative estimate of drug-likeness (QED) is 0.893. The number of benzene rings is 1. The van der Waals surface area contributed by atoms with Gasteiger partial charge < -0.3 is 5.32 Å². The van der Waals surface area contributed by atoms with Gasteiger partial charge in [0.15, 0.2) is 5.82 Å². The van der Waals surface area contributed by atoms with E-state index in [9.17, 15) is 4.79 Å². The Morgan fingerprint density at radius 1 is 1.29 bits per heavy atom. The molecule has 1 saturated heterocycles. The minimum absolute atomic E-state index is 0. The second-order valence-corrected chi connectivity index (χ2v) is 6.21. The van der Waals surface area contributed by atoms with E-state index in [1.54, 1.807) is 4.68 Å². The van der Waals surface area contributed by atoms with E-state index in [1.165, 1.54) is 0 Å². The first-order valence-electron chi connectivity index (χ1n) is 8.05. The van der Waals surface area contributed by atoms with E-state index in [-0.39, 0.29) is 18.3 Å². The zero-order chi connectivity index (χ0) is 16.4. The van der Waals surface area contributed by atoms with Gasteiger partial charge in [-0.15, -0.1) is 12.4 Å². The van der Waals surface area contributed by atoms with Crippen molar-refractivity contribution in [3.05, 3.63) is 40.7 Å². The number of halogens is 1. The predicted octanol–water partition coefficient (Wildman–Crippen LogP) is 2.57. The summed E-state index contributed by atoms with van der Waals surface area (Å²) < 4.78 is 1.65. The number of carbonyl (C=O) groups is 1. The highest BCUT2D eigenvalue weighted by molar-refractivity contribution is 6.04. The third kappa shape index (κ3) is 3.94. The molecule has 2 aromatic rings. The van der Waals surface area contributed by atoms with Gasteiger partial charge >= 0.3 is 0 Å². The van der Waals surface area contributed by atoms with E-state index in [0.717, 1.165) is 42.9 Å². The lowest BCUT2D eigenvalue weighted by Gasteiger charge is -2.19. The number of hydrogen-bond donors (Lipinski definition) is 2. The summed E-state index contributed by atoms with van der Waals surface area (Å²) in [5.74, 6) is 1.56. The molecule has 2 N–H and O–H groups in total. The van der Waals surface area contributed by atoms with Gasteiger partial charge in [0.1, 0.15) is 0 Å². The maximum Gasteiger partial charge on any atom is 0.258 e. The Labute approximate surface area is 148 Å². The van der Waals surface area contributed by atoms with Gasteiger partial charge in [-0.2, -0.15) is 10.1 Å². The molecule has 2 heterocycles. The van der Waals surface area contributed by atoms with E-state index >= 15 is 0 Å². The summed E-state index contributed by atoms with van der Waals surface area (Å²) in [6.45, 7) is 5.90. The van der Waals surface area contributed by atoms with Gasteiger partial charge in [-0.3, -0.25) is 10.1 Å². The highest BCUT2D eigenvalue weighted by atomic mass is 35.5.